The SMILES string of the molecule is O=[N+]([O-])c1cc(C(F)(F)F)cc([N+](=O)[O-])c1Nc1ccc(O)cc1. The minimum atomic E-state index is -4.98. The molecule has 0 aliphatic rings. The fourth-order valence-corrected chi connectivity index (χ4v) is 1.88. The Hall–Kier alpha value is -3.37. The lowest BCUT2D eigenvalue weighted by molar-refractivity contribution is -0.392. The van der Waals surface area contributed by atoms with Gasteiger partial charge in [0.25, 0.3) is 11.4 Å². The van der Waals surface area contributed by atoms with Gasteiger partial charge in [0.1, 0.15) is 5.75 Å². The van der Waals surface area contributed by atoms with Gasteiger partial charge in [-0.15, -0.1) is 0 Å². The molecule has 0 bridgehead atoms. The maximum atomic E-state index is 12.8. The minimum Gasteiger partial charge on any atom is -0.508 e. The highest BCUT2D eigenvalue weighted by atomic mass is 19.4. The van der Waals surface area contributed by atoms with Crippen LogP contribution in [-0.4, -0.2) is 15.0 Å². The first-order chi connectivity index (χ1) is 11.1. The molecule has 0 aliphatic carbocycles. The van der Waals surface area contributed by atoms with E-state index < -0.39 is 38.6 Å². The third-order valence-electron chi connectivity index (χ3n) is 2.95. The fourth-order valence-electron chi connectivity index (χ4n) is 1.88. The summed E-state index contributed by atoms with van der Waals surface area (Å²) in [5, 5.41) is 33.6. The highest BCUT2D eigenvalue weighted by molar-refractivity contribution is 5.79. The topological polar surface area (TPSA) is 119 Å². The number of alkyl halides is 3. The number of rotatable bonds is 4. The van der Waals surface area contributed by atoms with Crippen molar-refractivity contribution < 1.29 is 28.1 Å². The van der Waals surface area contributed by atoms with E-state index in [2.05, 4.69) is 5.32 Å². The number of nitro benzene ring substituents is 2. The molecule has 2 N–H and O–H groups in total. The Bertz CT molecular complexity index is 770. The van der Waals surface area contributed by atoms with Crippen LogP contribution in [0.2, 0.25) is 0 Å². The molecule has 2 aromatic rings. The second-order valence-corrected chi connectivity index (χ2v) is 4.57. The number of anilines is 2. The van der Waals surface area contributed by atoms with E-state index in [9.17, 15) is 33.4 Å². The van der Waals surface area contributed by atoms with Gasteiger partial charge in [-0.25, -0.2) is 0 Å². The molecule has 11 heteroatoms. The summed E-state index contributed by atoms with van der Waals surface area (Å²) in [6, 6.07) is 5.33. The standard InChI is InChI=1S/C13H8F3N3O5/c14-13(15,16)7-5-10(18(21)22)12(11(6-7)19(23)24)17-8-1-3-9(20)4-2-8/h1-6,17,20H. The summed E-state index contributed by atoms with van der Waals surface area (Å²) < 4.78 is 38.4. The zero-order valence-electron chi connectivity index (χ0n) is 11.6. The van der Waals surface area contributed by atoms with Gasteiger partial charge in [0.15, 0.2) is 5.69 Å². The van der Waals surface area contributed by atoms with Gasteiger partial charge in [0.2, 0.25) is 0 Å². The van der Waals surface area contributed by atoms with Gasteiger partial charge in [-0.05, 0) is 24.3 Å². The van der Waals surface area contributed by atoms with Crippen molar-refractivity contribution in [2.45, 2.75) is 6.18 Å². The number of nitrogens with zero attached hydrogens (tertiary/aromatic N) is 2. The molecule has 0 spiro atoms. The summed E-state index contributed by atoms with van der Waals surface area (Å²) in [6.45, 7) is 0. The molecule has 0 fully saturated rings. The molecule has 0 aliphatic heterocycles. The number of aromatic hydroxyl groups is 1. The predicted octanol–water partition coefficient (Wildman–Crippen LogP) is 3.97. The Morgan fingerprint density at radius 3 is 1.79 bits per heavy atom. The van der Waals surface area contributed by atoms with E-state index in [1.54, 1.807) is 0 Å². The number of phenols is 1. The van der Waals surface area contributed by atoms with Crippen molar-refractivity contribution in [1.82, 2.24) is 0 Å². The van der Waals surface area contributed by atoms with Gasteiger partial charge in [-0.2, -0.15) is 13.2 Å². The second-order valence-electron chi connectivity index (χ2n) is 4.57. The van der Waals surface area contributed by atoms with E-state index in [1.807, 2.05) is 0 Å². The van der Waals surface area contributed by atoms with E-state index in [1.165, 1.54) is 24.3 Å². The smallest absolute Gasteiger partial charge is 0.416 e. The average molecular weight is 343 g/mol. The summed E-state index contributed by atoms with van der Waals surface area (Å²) in [6.07, 6.45) is -4.98. The van der Waals surface area contributed by atoms with Crippen molar-refractivity contribution in [3.05, 3.63) is 62.2 Å². The van der Waals surface area contributed by atoms with Crippen LogP contribution in [-0.2, 0) is 6.18 Å². The first-order valence-electron chi connectivity index (χ1n) is 6.19. The maximum absolute atomic E-state index is 12.8. The van der Waals surface area contributed by atoms with Crippen LogP contribution < -0.4 is 5.32 Å². The number of nitro groups is 2. The van der Waals surface area contributed by atoms with Crippen molar-refractivity contribution >= 4 is 22.7 Å². The summed E-state index contributed by atoms with van der Waals surface area (Å²) >= 11 is 0. The normalized spacial score (nSPS) is 11.1. The quantitative estimate of drug-likeness (QED) is 0.492. The third-order valence-corrected chi connectivity index (χ3v) is 2.95. The molecular formula is C13H8F3N3O5. The lowest BCUT2D eigenvalue weighted by atomic mass is 10.1. The van der Waals surface area contributed by atoms with E-state index >= 15 is 0 Å². The molecule has 24 heavy (non-hydrogen) atoms. The molecule has 0 saturated heterocycles. The molecule has 8 nitrogen and oxygen atoms in total. The Morgan fingerprint density at radius 2 is 1.42 bits per heavy atom. The van der Waals surface area contributed by atoms with Crippen LogP contribution in [0.15, 0.2) is 36.4 Å². The van der Waals surface area contributed by atoms with Crippen LogP contribution in [0.5, 0.6) is 5.75 Å². The largest absolute Gasteiger partial charge is 0.508 e. The van der Waals surface area contributed by atoms with Gasteiger partial charge in [0.05, 0.1) is 15.4 Å². The van der Waals surface area contributed by atoms with E-state index in [0.717, 1.165) is 0 Å². The van der Waals surface area contributed by atoms with E-state index in [4.69, 9.17) is 5.11 Å². The van der Waals surface area contributed by atoms with Crippen molar-refractivity contribution in [3.63, 3.8) is 0 Å². The van der Waals surface area contributed by atoms with Gasteiger partial charge in [-0.3, -0.25) is 20.2 Å². The fraction of sp³-hybridized carbons (Fsp3) is 0.0769. The van der Waals surface area contributed by atoms with Crippen LogP contribution >= 0.6 is 0 Å². The van der Waals surface area contributed by atoms with Crippen molar-refractivity contribution in [1.29, 1.82) is 0 Å². The maximum Gasteiger partial charge on any atom is 0.416 e. The number of benzene rings is 2. The van der Waals surface area contributed by atoms with Crippen molar-refractivity contribution in [2.24, 2.45) is 0 Å². The van der Waals surface area contributed by atoms with Crippen LogP contribution in [0.25, 0.3) is 0 Å². The van der Waals surface area contributed by atoms with Crippen molar-refractivity contribution in [2.75, 3.05) is 5.32 Å². The number of phenolic OH excluding ortho intramolecular Hbond substituents is 1. The Kier molecular flexibility index (Phi) is 4.26. The second kappa shape index (κ2) is 6.02. The zero-order valence-corrected chi connectivity index (χ0v) is 11.6. The molecule has 0 aromatic heterocycles. The van der Waals surface area contributed by atoms with Crippen LogP contribution in [0.3, 0.4) is 0 Å². The van der Waals surface area contributed by atoms with Crippen LogP contribution in [0.1, 0.15) is 5.56 Å². The molecule has 0 atom stereocenters. The molecule has 2 aromatic carbocycles. The van der Waals surface area contributed by atoms with Gasteiger partial charge < -0.3 is 10.4 Å². The average Bonchev–Trinajstić information content (AvgIpc) is 2.48. The number of halogens is 3. The molecule has 126 valence electrons. The molecule has 0 heterocycles. The summed E-state index contributed by atoms with van der Waals surface area (Å²) in [5.74, 6) is -0.128. The first-order valence-corrected chi connectivity index (χ1v) is 6.19. The van der Waals surface area contributed by atoms with E-state index in [0.29, 0.717) is 0 Å². The van der Waals surface area contributed by atoms with Crippen LogP contribution in [0.4, 0.5) is 35.9 Å². The number of hydrogen-bond donors (Lipinski definition) is 2. The highest BCUT2D eigenvalue weighted by Gasteiger charge is 2.37. The molecule has 0 saturated carbocycles. The summed E-state index contributed by atoms with van der Waals surface area (Å²) in [5.41, 5.74) is -4.27. The number of nitrogens with one attached hydrogen (secondary N) is 1. The Labute approximate surface area is 131 Å². The molecular weight excluding hydrogens is 335 g/mol. The Morgan fingerprint density at radius 1 is 0.958 bits per heavy atom. The van der Waals surface area contributed by atoms with Gasteiger partial charge in [0, 0.05) is 17.8 Å². The molecule has 2 rings (SSSR count). The summed E-state index contributed by atoms with van der Waals surface area (Å²) in [7, 11) is 0. The molecule has 0 unspecified atom stereocenters. The molecule has 0 radical (unpaired) electrons. The van der Waals surface area contributed by atoms with Crippen LogP contribution in [0, 0.1) is 20.2 Å². The van der Waals surface area contributed by atoms with Gasteiger partial charge >= 0.3 is 6.18 Å². The predicted molar refractivity (Wildman–Crippen MR) is 76.1 cm³/mol. The van der Waals surface area contributed by atoms with Gasteiger partial charge in [-0.1, -0.05) is 0 Å². The highest BCUT2D eigenvalue weighted by Crippen LogP contribution is 2.42. The zero-order chi connectivity index (χ0) is 18.1. The lowest BCUT2D eigenvalue weighted by Crippen LogP contribution is -2.09. The number of hydrogen-bond acceptors (Lipinski definition) is 6. The summed E-state index contributed by atoms with van der Waals surface area (Å²) in [4.78, 5) is 19.8. The molecule has 0 amide bonds. The monoisotopic (exact) mass is 343 g/mol. The van der Waals surface area contributed by atoms with Crippen molar-refractivity contribution in [3.8, 4) is 5.75 Å². The minimum absolute atomic E-state index is 0.110. The Balaban J connectivity index is 2.65. The first kappa shape index (κ1) is 17.0. The van der Waals surface area contributed by atoms with E-state index in [-0.39, 0.29) is 23.6 Å². The lowest BCUT2D eigenvalue weighted by Gasteiger charge is -2.11. The third kappa shape index (κ3) is 3.51.